The van der Waals surface area contributed by atoms with Gasteiger partial charge < -0.3 is 20.6 Å². The van der Waals surface area contributed by atoms with Crippen LogP contribution in [0.1, 0.15) is 44.9 Å². The number of nitrogens with one attached hydrogen (secondary N) is 1. The van der Waals surface area contributed by atoms with Gasteiger partial charge in [0.05, 0.1) is 18.8 Å². The quantitative estimate of drug-likeness (QED) is 0.604. The van der Waals surface area contributed by atoms with E-state index in [0.717, 1.165) is 19.6 Å². The van der Waals surface area contributed by atoms with Gasteiger partial charge in [0.2, 0.25) is 0 Å². The summed E-state index contributed by atoms with van der Waals surface area (Å²) in [6, 6.07) is 0.00370. The molecule has 124 valence electrons. The van der Waals surface area contributed by atoms with E-state index in [-0.39, 0.29) is 12.6 Å². The molecule has 21 heavy (non-hydrogen) atoms. The Bertz CT molecular complexity index is 269. The SMILES string of the molecule is C1CCCCC1.OC[C@H]1CC(O)[C@@H](O)CN1CC1CNC1. The maximum Gasteiger partial charge on any atom is 0.0926 e. The van der Waals surface area contributed by atoms with E-state index in [4.69, 9.17) is 0 Å². The molecule has 0 aromatic heterocycles. The Labute approximate surface area is 128 Å². The lowest BCUT2D eigenvalue weighted by Gasteiger charge is -2.43. The molecular weight excluding hydrogens is 268 g/mol. The summed E-state index contributed by atoms with van der Waals surface area (Å²) in [6.07, 6.45) is 8.12. The highest BCUT2D eigenvalue weighted by atomic mass is 16.3. The number of piperidine rings is 1. The molecule has 3 aliphatic rings. The first kappa shape index (κ1) is 17.2. The fourth-order valence-corrected chi connectivity index (χ4v) is 3.38. The van der Waals surface area contributed by atoms with Crippen LogP contribution >= 0.6 is 0 Å². The minimum Gasteiger partial charge on any atom is -0.395 e. The summed E-state index contributed by atoms with van der Waals surface area (Å²) in [5.74, 6) is 0.626. The average molecular weight is 300 g/mol. The third-order valence-electron chi connectivity index (χ3n) is 4.97. The van der Waals surface area contributed by atoms with Crippen molar-refractivity contribution in [1.82, 2.24) is 10.2 Å². The van der Waals surface area contributed by atoms with Crippen LogP contribution in [0.4, 0.5) is 0 Å². The molecule has 1 unspecified atom stereocenters. The predicted molar refractivity (Wildman–Crippen MR) is 83.1 cm³/mol. The Balaban J connectivity index is 0.000000225. The minimum absolute atomic E-state index is 0.00370. The van der Waals surface area contributed by atoms with Gasteiger partial charge in [0.1, 0.15) is 0 Å². The van der Waals surface area contributed by atoms with Gasteiger partial charge in [0, 0.05) is 32.2 Å². The lowest BCUT2D eigenvalue weighted by molar-refractivity contribution is -0.0761. The molecule has 2 heterocycles. The molecule has 3 atom stereocenters. The number of rotatable bonds is 3. The number of hydrogen-bond acceptors (Lipinski definition) is 5. The molecule has 0 amide bonds. The van der Waals surface area contributed by atoms with Gasteiger partial charge in [0.15, 0.2) is 0 Å². The number of β-amino-alcohol motifs (C(OH)–C–C–N with tert-alkyl or cyclic N) is 1. The van der Waals surface area contributed by atoms with Gasteiger partial charge in [-0.3, -0.25) is 4.90 Å². The fourth-order valence-electron chi connectivity index (χ4n) is 3.38. The second kappa shape index (κ2) is 9.06. The van der Waals surface area contributed by atoms with E-state index in [1.807, 2.05) is 0 Å². The van der Waals surface area contributed by atoms with Crippen LogP contribution in [-0.4, -0.2) is 71.3 Å². The van der Waals surface area contributed by atoms with Crippen molar-refractivity contribution in [2.45, 2.75) is 63.2 Å². The van der Waals surface area contributed by atoms with Gasteiger partial charge in [-0.15, -0.1) is 0 Å². The summed E-state index contributed by atoms with van der Waals surface area (Å²) in [4.78, 5) is 2.10. The molecule has 1 saturated carbocycles. The Morgan fingerprint density at radius 2 is 1.48 bits per heavy atom. The van der Waals surface area contributed by atoms with Crippen molar-refractivity contribution in [3.8, 4) is 0 Å². The summed E-state index contributed by atoms with van der Waals surface area (Å²) in [5, 5.41) is 31.5. The number of aliphatic hydroxyl groups excluding tert-OH is 3. The third kappa shape index (κ3) is 5.49. The predicted octanol–water partition coefficient (Wildman–Crippen LogP) is 0.335. The van der Waals surface area contributed by atoms with Crippen molar-refractivity contribution in [3.05, 3.63) is 0 Å². The molecule has 4 N–H and O–H groups in total. The molecular formula is C16H32N2O3. The van der Waals surface area contributed by atoms with Crippen molar-refractivity contribution in [2.75, 3.05) is 32.8 Å². The highest BCUT2D eigenvalue weighted by molar-refractivity contribution is 4.89. The third-order valence-corrected chi connectivity index (χ3v) is 4.97. The minimum atomic E-state index is -0.682. The average Bonchev–Trinajstić information content (AvgIpc) is 2.48. The van der Waals surface area contributed by atoms with Gasteiger partial charge in [-0.05, 0) is 12.3 Å². The molecule has 0 bridgehead atoms. The van der Waals surface area contributed by atoms with E-state index in [1.54, 1.807) is 0 Å². The van der Waals surface area contributed by atoms with Crippen molar-refractivity contribution in [1.29, 1.82) is 0 Å². The number of nitrogens with zero attached hydrogens (tertiary/aromatic N) is 1. The first-order valence-electron chi connectivity index (χ1n) is 8.62. The Morgan fingerprint density at radius 3 is 1.90 bits per heavy atom. The first-order chi connectivity index (χ1) is 10.2. The van der Waals surface area contributed by atoms with E-state index in [2.05, 4.69) is 10.2 Å². The molecule has 0 aromatic carbocycles. The standard InChI is InChI=1S/C10H20N2O3.C6H12/c13-6-8-1-9(14)10(15)5-12(8)4-7-2-11-3-7;1-2-4-6-5-3-1/h7-11,13-15H,1-6H2;1-6H2/t8-,9?,10+;/m1./s1. The molecule has 5 heteroatoms. The summed E-state index contributed by atoms with van der Waals surface area (Å²) < 4.78 is 0. The van der Waals surface area contributed by atoms with Crippen LogP contribution in [0.5, 0.6) is 0 Å². The normalized spacial score (nSPS) is 34.7. The Morgan fingerprint density at radius 1 is 0.905 bits per heavy atom. The fraction of sp³-hybridized carbons (Fsp3) is 1.00. The molecule has 0 radical (unpaired) electrons. The molecule has 2 aliphatic heterocycles. The van der Waals surface area contributed by atoms with Gasteiger partial charge in [-0.25, -0.2) is 0 Å². The van der Waals surface area contributed by atoms with Crippen LogP contribution in [0.3, 0.4) is 0 Å². The zero-order chi connectivity index (χ0) is 15.1. The van der Waals surface area contributed by atoms with Gasteiger partial charge in [-0.2, -0.15) is 0 Å². The van der Waals surface area contributed by atoms with E-state index >= 15 is 0 Å². The molecule has 3 rings (SSSR count). The number of aliphatic hydroxyl groups is 3. The highest BCUT2D eigenvalue weighted by Crippen LogP contribution is 2.20. The summed E-state index contributed by atoms with van der Waals surface area (Å²) in [7, 11) is 0. The molecule has 5 nitrogen and oxygen atoms in total. The Kier molecular flexibility index (Phi) is 7.40. The molecule has 2 saturated heterocycles. The van der Waals surface area contributed by atoms with E-state index in [9.17, 15) is 15.3 Å². The summed E-state index contributed by atoms with van der Waals surface area (Å²) in [5.41, 5.74) is 0. The molecule has 1 aliphatic carbocycles. The summed E-state index contributed by atoms with van der Waals surface area (Å²) in [6.45, 7) is 3.48. The lowest BCUT2D eigenvalue weighted by Crippen LogP contribution is -2.58. The van der Waals surface area contributed by atoms with Gasteiger partial charge in [0.25, 0.3) is 0 Å². The second-order valence-corrected chi connectivity index (χ2v) is 6.81. The molecule has 3 fully saturated rings. The Hall–Kier alpha value is -0.200. The highest BCUT2D eigenvalue weighted by Gasteiger charge is 2.34. The maximum atomic E-state index is 9.58. The van der Waals surface area contributed by atoms with Crippen LogP contribution in [-0.2, 0) is 0 Å². The zero-order valence-corrected chi connectivity index (χ0v) is 13.1. The number of hydrogen-bond donors (Lipinski definition) is 4. The summed E-state index contributed by atoms with van der Waals surface area (Å²) >= 11 is 0. The van der Waals surface area contributed by atoms with E-state index in [0.29, 0.717) is 18.9 Å². The smallest absolute Gasteiger partial charge is 0.0926 e. The van der Waals surface area contributed by atoms with E-state index in [1.165, 1.54) is 38.5 Å². The second-order valence-electron chi connectivity index (χ2n) is 6.81. The van der Waals surface area contributed by atoms with Gasteiger partial charge in [-0.1, -0.05) is 38.5 Å². The number of likely N-dealkylation sites (tertiary alicyclic amines) is 1. The van der Waals surface area contributed by atoms with Crippen molar-refractivity contribution in [3.63, 3.8) is 0 Å². The van der Waals surface area contributed by atoms with Crippen molar-refractivity contribution in [2.24, 2.45) is 5.92 Å². The van der Waals surface area contributed by atoms with Crippen LogP contribution in [0, 0.1) is 5.92 Å². The van der Waals surface area contributed by atoms with Crippen LogP contribution in [0.2, 0.25) is 0 Å². The maximum absolute atomic E-state index is 9.58. The van der Waals surface area contributed by atoms with Crippen LogP contribution < -0.4 is 5.32 Å². The van der Waals surface area contributed by atoms with Crippen molar-refractivity contribution < 1.29 is 15.3 Å². The van der Waals surface area contributed by atoms with Crippen LogP contribution in [0.25, 0.3) is 0 Å². The monoisotopic (exact) mass is 300 g/mol. The zero-order valence-electron chi connectivity index (χ0n) is 13.1. The van der Waals surface area contributed by atoms with Crippen LogP contribution in [0.15, 0.2) is 0 Å². The largest absolute Gasteiger partial charge is 0.395 e. The first-order valence-corrected chi connectivity index (χ1v) is 8.62. The van der Waals surface area contributed by atoms with E-state index < -0.39 is 12.2 Å². The molecule has 0 spiro atoms. The topological polar surface area (TPSA) is 76.0 Å². The lowest BCUT2D eigenvalue weighted by atomic mass is 9.94. The van der Waals surface area contributed by atoms with Gasteiger partial charge >= 0.3 is 0 Å². The van der Waals surface area contributed by atoms with Crippen molar-refractivity contribution >= 4 is 0 Å². The molecule has 0 aromatic rings.